The van der Waals surface area contributed by atoms with E-state index in [1.165, 1.54) is 0 Å². The van der Waals surface area contributed by atoms with E-state index in [1.54, 1.807) is 30.5 Å². The first-order valence-corrected chi connectivity index (χ1v) is 9.45. The Kier molecular flexibility index (Phi) is 6.76. The number of carbonyl (C=O) groups excluding carboxylic acids is 1. The molecular formula is C20H24ClN3O3. The first kappa shape index (κ1) is 19.3. The highest BCUT2D eigenvalue weighted by Gasteiger charge is 2.25. The quantitative estimate of drug-likeness (QED) is 0.820. The number of hydrogen-bond acceptors (Lipinski definition) is 4. The first-order chi connectivity index (χ1) is 13.2. The molecule has 1 aromatic heterocycles. The van der Waals surface area contributed by atoms with Gasteiger partial charge in [0.1, 0.15) is 22.6 Å². The van der Waals surface area contributed by atoms with Crippen LogP contribution in [0, 0.1) is 0 Å². The smallest absolute Gasteiger partial charge is 0.317 e. The predicted molar refractivity (Wildman–Crippen MR) is 105 cm³/mol. The van der Waals surface area contributed by atoms with E-state index >= 15 is 0 Å². The molecule has 27 heavy (non-hydrogen) atoms. The van der Waals surface area contributed by atoms with Gasteiger partial charge in [-0.2, -0.15) is 0 Å². The van der Waals surface area contributed by atoms with Gasteiger partial charge in [0.25, 0.3) is 0 Å². The molecule has 1 fully saturated rings. The number of nitrogens with one attached hydrogen (secondary N) is 1. The number of piperidine rings is 1. The Balaban J connectivity index is 1.45. The van der Waals surface area contributed by atoms with Crippen LogP contribution in [0.4, 0.5) is 4.79 Å². The highest BCUT2D eigenvalue weighted by Crippen LogP contribution is 2.25. The topological polar surface area (TPSA) is 63.7 Å². The maximum atomic E-state index is 12.5. The molecule has 3 rings (SSSR count). The van der Waals surface area contributed by atoms with E-state index in [4.69, 9.17) is 21.1 Å². The van der Waals surface area contributed by atoms with Crippen molar-refractivity contribution in [1.29, 1.82) is 0 Å². The Bertz CT molecular complexity index is 754. The molecule has 1 unspecified atom stereocenters. The summed E-state index contributed by atoms with van der Waals surface area (Å²) in [6.45, 7) is 1.87. The van der Waals surface area contributed by atoms with Gasteiger partial charge in [0.05, 0.1) is 13.7 Å². The van der Waals surface area contributed by atoms with E-state index < -0.39 is 0 Å². The second-order valence-electron chi connectivity index (χ2n) is 6.46. The van der Waals surface area contributed by atoms with E-state index in [0.29, 0.717) is 23.9 Å². The monoisotopic (exact) mass is 389 g/mol. The number of hydrogen-bond donors (Lipinski definition) is 1. The van der Waals surface area contributed by atoms with Crippen molar-refractivity contribution in [2.45, 2.75) is 25.4 Å². The standard InChI is InChI=1S/C20H24ClN3O3/c1-26-16-6-4-15(5-7-16)8-11-23-20(25)24-12-2-3-17(14-24)27-19-9-10-22-13-18(19)21/h4-7,9-10,13,17H,2-3,8,11-12,14H2,1H3,(H,23,25). The van der Waals surface area contributed by atoms with Crippen molar-refractivity contribution >= 4 is 17.6 Å². The number of amides is 2. The summed E-state index contributed by atoms with van der Waals surface area (Å²) >= 11 is 6.10. The number of carbonyl (C=O) groups is 1. The lowest BCUT2D eigenvalue weighted by Gasteiger charge is -2.33. The molecule has 1 aromatic carbocycles. The molecule has 7 heteroatoms. The molecule has 1 atom stereocenters. The minimum absolute atomic E-state index is 0.0577. The highest BCUT2D eigenvalue weighted by molar-refractivity contribution is 6.31. The summed E-state index contributed by atoms with van der Waals surface area (Å²) in [7, 11) is 1.65. The number of aromatic nitrogens is 1. The third kappa shape index (κ3) is 5.50. The maximum absolute atomic E-state index is 12.5. The molecule has 0 spiro atoms. The zero-order chi connectivity index (χ0) is 19.1. The van der Waals surface area contributed by atoms with Gasteiger partial charge in [-0.15, -0.1) is 0 Å². The molecule has 6 nitrogen and oxygen atoms in total. The lowest BCUT2D eigenvalue weighted by molar-refractivity contribution is 0.101. The Hall–Kier alpha value is -2.47. The summed E-state index contributed by atoms with van der Waals surface area (Å²) in [5.74, 6) is 1.44. The van der Waals surface area contributed by atoms with Gasteiger partial charge >= 0.3 is 6.03 Å². The van der Waals surface area contributed by atoms with Gasteiger partial charge < -0.3 is 19.7 Å². The Morgan fingerprint density at radius 1 is 1.33 bits per heavy atom. The van der Waals surface area contributed by atoms with Crippen LogP contribution in [0.5, 0.6) is 11.5 Å². The van der Waals surface area contributed by atoms with Crippen LogP contribution < -0.4 is 14.8 Å². The van der Waals surface area contributed by atoms with E-state index in [9.17, 15) is 4.79 Å². The number of halogens is 1. The van der Waals surface area contributed by atoms with Crippen LogP contribution in [0.1, 0.15) is 18.4 Å². The molecule has 2 amide bonds. The van der Waals surface area contributed by atoms with Crippen LogP contribution in [-0.4, -0.2) is 48.8 Å². The second kappa shape index (κ2) is 9.46. The minimum atomic E-state index is -0.0639. The molecule has 0 saturated carbocycles. The third-order valence-electron chi connectivity index (χ3n) is 4.54. The second-order valence-corrected chi connectivity index (χ2v) is 6.87. The Morgan fingerprint density at radius 3 is 2.89 bits per heavy atom. The zero-order valence-electron chi connectivity index (χ0n) is 15.4. The zero-order valence-corrected chi connectivity index (χ0v) is 16.1. The summed E-state index contributed by atoms with van der Waals surface area (Å²) in [6.07, 6.45) is 5.71. The number of ether oxygens (including phenoxy) is 2. The average Bonchev–Trinajstić information content (AvgIpc) is 2.70. The van der Waals surface area contributed by atoms with Crippen LogP contribution in [0.25, 0.3) is 0 Å². The molecule has 144 valence electrons. The lowest BCUT2D eigenvalue weighted by atomic mass is 10.1. The van der Waals surface area contributed by atoms with Gasteiger partial charge in [0, 0.05) is 31.5 Å². The fraction of sp³-hybridized carbons (Fsp3) is 0.400. The normalized spacial score (nSPS) is 16.7. The lowest BCUT2D eigenvalue weighted by Crippen LogP contribution is -2.48. The molecule has 2 aromatic rings. The van der Waals surface area contributed by atoms with Crippen LogP contribution in [0.3, 0.4) is 0 Å². The number of benzene rings is 1. The van der Waals surface area contributed by atoms with Gasteiger partial charge in [0.15, 0.2) is 0 Å². The summed E-state index contributed by atoms with van der Waals surface area (Å²) in [5.41, 5.74) is 1.16. The van der Waals surface area contributed by atoms with Gasteiger partial charge in [0.2, 0.25) is 0 Å². The van der Waals surface area contributed by atoms with Crippen LogP contribution in [0.2, 0.25) is 5.02 Å². The highest BCUT2D eigenvalue weighted by atomic mass is 35.5. The summed E-state index contributed by atoms with van der Waals surface area (Å²) in [6, 6.07) is 9.55. The molecule has 2 heterocycles. The number of likely N-dealkylation sites (tertiary alicyclic amines) is 1. The molecule has 0 bridgehead atoms. The number of methoxy groups -OCH3 is 1. The SMILES string of the molecule is COc1ccc(CCNC(=O)N2CCCC(Oc3ccncc3Cl)C2)cc1. The molecule has 0 radical (unpaired) electrons. The molecule has 1 N–H and O–H groups in total. The van der Waals surface area contributed by atoms with E-state index in [-0.39, 0.29) is 12.1 Å². The van der Waals surface area contributed by atoms with Crippen LogP contribution in [-0.2, 0) is 6.42 Å². The van der Waals surface area contributed by atoms with Gasteiger partial charge in [-0.25, -0.2) is 4.79 Å². The number of pyridine rings is 1. The van der Waals surface area contributed by atoms with Crippen LogP contribution in [0.15, 0.2) is 42.7 Å². The van der Waals surface area contributed by atoms with Crippen molar-refractivity contribution in [2.75, 3.05) is 26.7 Å². The maximum Gasteiger partial charge on any atom is 0.317 e. The fourth-order valence-corrected chi connectivity index (χ4v) is 3.24. The van der Waals surface area contributed by atoms with Gasteiger partial charge in [-0.3, -0.25) is 4.98 Å². The number of rotatable bonds is 6. The van der Waals surface area contributed by atoms with E-state index in [0.717, 1.165) is 37.1 Å². The summed E-state index contributed by atoms with van der Waals surface area (Å²) in [4.78, 5) is 18.2. The van der Waals surface area contributed by atoms with Crippen molar-refractivity contribution in [3.8, 4) is 11.5 Å². The Morgan fingerprint density at radius 2 is 2.15 bits per heavy atom. The summed E-state index contributed by atoms with van der Waals surface area (Å²) < 4.78 is 11.1. The Labute approximate surface area is 164 Å². The summed E-state index contributed by atoms with van der Waals surface area (Å²) in [5, 5.41) is 3.47. The van der Waals surface area contributed by atoms with Crippen molar-refractivity contribution < 1.29 is 14.3 Å². The van der Waals surface area contributed by atoms with Gasteiger partial charge in [-0.1, -0.05) is 23.7 Å². The minimum Gasteiger partial charge on any atom is -0.497 e. The van der Waals surface area contributed by atoms with Crippen LogP contribution >= 0.6 is 11.6 Å². The first-order valence-electron chi connectivity index (χ1n) is 9.07. The number of urea groups is 1. The average molecular weight is 390 g/mol. The van der Waals surface area contributed by atoms with E-state index in [2.05, 4.69) is 10.3 Å². The molecule has 0 aliphatic carbocycles. The van der Waals surface area contributed by atoms with Crippen molar-refractivity contribution in [3.63, 3.8) is 0 Å². The van der Waals surface area contributed by atoms with Gasteiger partial charge in [-0.05, 0) is 37.0 Å². The van der Waals surface area contributed by atoms with Crippen molar-refractivity contribution in [2.24, 2.45) is 0 Å². The predicted octanol–water partition coefficient (Wildman–Crippen LogP) is 3.54. The fourth-order valence-electron chi connectivity index (χ4n) is 3.07. The molecule has 1 saturated heterocycles. The molecule has 1 aliphatic heterocycles. The van der Waals surface area contributed by atoms with Crippen molar-refractivity contribution in [1.82, 2.24) is 15.2 Å². The molecule has 1 aliphatic rings. The van der Waals surface area contributed by atoms with Crippen molar-refractivity contribution in [3.05, 3.63) is 53.3 Å². The molecular weight excluding hydrogens is 366 g/mol. The third-order valence-corrected chi connectivity index (χ3v) is 4.83. The largest absolute Gasteiger partial charge is 0.497 e. The number of nitrogens with zero attached hydrogens (tertiary/aromatic N) is 2. The van der Waals surface area contributed by atoms with E-state index in [1.807, 2.05) is 24.3 Å².